The first-order valence-electron chi connectivity index (χ1n) is 8.63. The molecule has 0 amide bonds. The van der Waals surface area contributed by atoms with Crippen molar-refractivity contribution in [2.75, 3.05) is 14.1 Å². The Bertz CT molecular complexity index is 1050. The number of carbonyl (C=O) groups excluding carboxylic acids is 1. The molecule has 1 aromatic heterocycles. The Labute approximate surface area is 165 Å². The van der Waals surface area contributed by atoms with Crippen LogP contribution in [0.25, 0.3) is 11.3 Å². The van der Waals surface area contributed by atoms with Crippen LogP contribution in [0.4, 0.5) is 13.2 Å². The maximum Gasteiger partial charge on any atom is 0.416 e. The van der Waals surface area contributed by atoms with E-state index in [-0.39, 0.29) is 17.0 Å². The topological polar surface area (TPSA) is 63.9 Å². The van der Waals surface area contributed by atoms with Crippen molar-refractivity contribution in [2.24, 2.45) is 0 Å². The van der Waals surface area contributed by atoms with Gasteiger partial charge in [-0.15, -0.1) is 5.10 Å². The number of hydrogen-bond acceptors (Lipinski definition) is 5. The molecule has 0 N–H and O–H groups in total. The van der Waals surface area contributed by atoms with Crippen LogP contribution in [0.1, 0.15) is 27.3 Å². The van der Waals surface area contributed by atoms with Gasteiger partial charge in [-0.05, 0) is 41.6 Å². The normalized spacial score (nSPS) is 12.1. The van der Waals surface area contributed by atoms with E-state index in [9.17, 15) is 18.0 Å². The summed E-state index contributed by atoms with van der Waals surface area (Å²) in [5, 5.41) is 11.5. The zero-order valence-electron chi connectivity index (χ0n) is 16.0. The molecule has 0 spiro atoms. The maximum atomic E-state index is 13.1. The molecular weight excluding hydrogens is 383 g/mol. The number of aromatic nitrogens is 4. The first-order chi connectivity index (χ1) is 13.7. The van der Waals surface area contributed by atoms with Gasteiger partial charge in [-0.1, -0.05) is 29.8 Å². The fourth-order valence-corrected chi connectivity index (χ4v) is 2.68. The molecule has 3 rings (SSSR count). The van der Waals surface area contributed by atoms with Gasteiger partial charge in [0.15, 0.2) is 11.6 Å². The van der Waals surface area contributed by atoms with Crippen LogP contribution >= 0.6 is 0 Å². The van der Waals surface area contributed by atoms with E-state index in [4.69, 9.17) is 0 Å². The lowest BCUT2D eigenvalue weighted by molar-refractivity contribution is -0.137. The number of carbonyl (C=O) groups is 1. The number of tetrazole rings is 1. The molecule has 2 aromatic carbocycles. The lowest BCUT2D eigenvalue weighted by atomic mass is 10.0. The number of benzene rings is 2. The maximum absolute atomic E-state index is 13.1. The van der Waals surface area contributed by atoms with Crippen LogP contribution in [-0.2, 0) is 6.18 Å². The summed E-state index contributed by atoms with van der Waals surface area (Å²) in [5.74, 6) is -0.488. The Morgan fingerprint density at radius 3 is 2.41 bits per heavy atom. The molecule has 3 aromatic rings. The summed E-state index contributed by atoms with van der Waals surface area (Å²) in [6, 6.07) is 11.6. The Kier molecular flexibility index (Phi) is 5.49. The van der Waals surface area contributed by atoms with Crippen molar-refractivity contribution in [3.8, 4) is 5.69 Å². The van der Waals surface area contributed by atoms with Gasteiger partial charge in [-0.2, -0.15) is 17.9 Å². The van der Waals surface area contributed by atoms with Crippen LogP contribution in [0.2, 0.25) is 0 Å². The van der Waals surface area contributed by atoms with Crippen molar-refractivity contribution < 1.29 is 18.0 Å². The van der Waals surface area contributed by atoms with Crippen molar-refractivity contribution in [1.29, 1.82) is 0 Å². The number of ketones is 1. The van der Waals surface area contributed by atoms with Gasteiger partial charge in [0.1, 0.15) is 0 Å². The van der Waals surface area contributed by atoms with Gasteiger partial charge >= 0.3 is 6.18 Å². The second-order valence-corrected chi connectivity index (χ2v) is 6.66. The molecule has 0 unspecified atom stereocenters. The number of aryl methyl sites for hydroxylation is 1. The van der Waals surface area contributed by atoms with Crippen molar-refractivity contribution in [3.63, 3.8) is 0 Å². The zero-order valence-corrected chi connectivity index (χ0v) is 16.0. The Balaban J connectivity index is 2.09. The molecule has 0 aliphatic rings. The molecule has 0 saturated carbocycles. The minimum Gasteiger partial charge on any atom is -0.383 e. The van der Waals surface area contributed by atoms with Crippen molar-refractivity contribution >= 4 is 11.4 Å². The van der Waals surface area contributed by atoms with E-state index in [0.717, 1.165) is 17.7 Å². The van der Waals surface area contributed by atoms with Gasteiger partial charge in [0.25, 0.3) is 0 Å². The van der Waals surface area contributed by atoms with Crippen LogP contribution in [-0.4, -0.2) is 45.0 Å². The molecule has 0 fully saturated rings. The van der Waals surface area contributed by atoms with E-state index >= 15 is 0 Å². The first-order valence-corrected chi connectivity index (χ1v) is 8.63. The van der Waals surface area contributed by atoms with E-state index < -0.39 is 17.5 Å². The third-order valence-corrected chi connectivity index (χ3v) is 4.07. The number of rotatable bonds is 5. The molecule has 0 aliphatic carbocycles. The van der Waals surface area contributed by atoms with Crippen LogP contribution in [0.15, 0.2) is 54.7 Å². The fourth-order valence-electron chi connectivity index (χ4n) is 2.68. The minimum atomic E-state index is -4.55. The molecule has 0 radical (unpaired) electrons. The van der Waals surface area contributed by atoms with Gasteiger partial charge < -0.3 is 4.90 Å². The third kappa shape index (κ3) is 4.50. The molecule has 0 saturated heterocycles. The monoisotopic (exact) mass is 401 g/mol. The smallest absolute Gasteiger partial charge is 0.383 e. The van der Waals surface area contributed by atoms with Crippen LogP contribution < -0.4 is 0 Å². The van der Waals surface area contributed by atoms with E-state index in [2.05, 4.69) is 15.5 Å². The fraction of sp³-hybridized carbons (Fsp3) is 0.200. The summed E-state index contributed by atoms with van der Waals surface area (Å²) in [6.45, 7) is 1.93. The number of allylic oxidation sites excluding steroid dienone is 1. The van der Waals surface area contributed by atoms with Crippen molar-refractivity contribution in [1.82, 2.24) is 25.1 Å². The largest absolute Gasteiger partial charge is 0.416 e. The average Bonchev–Trinajstić information content (AvgIpc) is 3.15. The van der Waals surface area contributed by atoms with Gasteiger partial charge in [-0.25, -0.2) is 0 Å². The summed E-state index contributed by atoms with van der Waals surface area (Å²) in [6.07, 6.45) is -3.07. The van der Waals surface area contributed by atoms with Gasteiger partial charge in [0.05, 0.1) is 16.8 Å². The highest BCUT2D eigenvalue weighted by Gasteiger charge is 2.31. The Morgan fingerprint density at radius 2 is 1.79 bits per heavy atom. The highest BCUT2D eigenvalue weighted by molar-refractivity contribution is 6.28. The highest BCUT2D eigenvalue weighted by atomic mass is 19.4. The Hall–Kier alpha value is -3.49. The number of nitrogens with zero attached hydrogens (tertiary/aromatic N) is 5. The van der Waals surface area contributed by atoms with E-state index in [1.165, 1.54) is 23.0 Å². The molecule has 0 aliphatic heterocycles. The molecule has 0 bridgehead atoms. The Morgan fingerprint density at radius 1 is 1.10 bits per heavy atom. The molecule has 6 nitrogen and oxygen atoms in total. The number of hydrogen-bond donors (Lipinski definition) is 0. The summed E-state index contributed by atoms with van der Waals surface area (Å²) in [4.78, 5) is 14.7. The zero-order chi connectivity index (χ0) is 21.2. The number of Topliss-reactive ketones (excluding diaryl/α,β-unsaturated/α-hetero) is 1. The summed E-state index contributed by atoms with van der Waals surface area (Å²) < 4.78 is 40.6. The van der Waals surface area contributed by atoms with Crippen LogP contribution in [0, 0.1) is 6.92 Å². The van der Waals surface area contributed by atoms with Gasteiger partial charge in [0.2, 0.25) is 0 Å². The average molecular weight is 401 g/mol. The van der Waals surface area contributed by atoms with Crippen LogP contribution in [0.5, 0.6) is 0 Å². The van der Waals surface area contributed by atoms with E-state index in [1.54, 1.807) is 31.1 Å². The standard InChI is InChI=1S/C20H18F3N5O/c1-13-7-9-16(10-8-13)28-19(24-25-26-28)17(12-27(2)3)18(29)14-5-4-6-15(11-14)20(21,22)23/h4-12H,1-3H3. The molecular formula is C20H18F3N5O. The van der Waals surface area contributed by atoms with E-state index in [1.807, 2.05) is 19.1 Å². The van der Waals surface area contributed by atoms with Crippen molar-refractivity contribution in [2.45, 2.75) is 13.1 Å². The molecule has 150 valence electrons. The SMILES string of the molecule is Cc1ccc(-n2nnnc2C(=CN(C)C)C(=O)c2cccc(C(F)(F)F)c2)cc1. The third-order valence-electron chi connectivity index (χ3n) is 4.07. The quantitative estimate of drug-likeness (QED) is 0.481. The van der Waals surface area contributed by atoms with Crippen LogP contribution in [0.3, 0.4) is 0 Å². The first kappa shape index (κ1) is 20.2. The molecule has 29 heavy (non-hydrogen) atoms. The second-order valence-electron chi connectivity index (χ2n) is 6.66. The van der Waals surface area contributed by atoms with Crippen molar-refractivity contribution in [3.05, 3.63) is 77.2 Å². The summed E-state index contributed by atoms with van der Waals surface area (Å²) in [7, 11) is 3.39. The number of alkyl halides is 3. The summed E-state index contributed by atoms with van der Waals surface area (Å²) in [5.41, 5.74) is 0.724. The predicted molar refractivity (Wildman–Crippen MR) is 101 cm³/mol. The summed E-state index contributed by atoms with van der Waals surface area (Å²) >= 11 is 0. The van der Waals surface area contributed by atoms with Gasteiger partial charge in [-0.3, -0.25) is 4.79 Å². The van der Waals surface area contributed by atoms with Gasteiger partial charge in [0, 0.05) is 25.9 Å². The molecule has 9 heteroatoms. The highest BCUT2D eigenvalue weighted by Crippen LogP contribution is 2.30. The lowest BCUT2D eigenvalue weighted by Crippen LogP contribution is -2.14. The lowest BCUT2D eigenvalue weighted by Gasteiger charge is -2.13. The molecule has 0 atom stereocenters. The predicted octanol–water partition coefficient (Wildman–Crippen LogP) is 3.77. The minimum absolute atomic E-state index is 0.0694. The number of halogens is 3. The van der Waals surface area contributed by atoms with E-state index in [0.29, 0.717) is 5.69 Å². The second kappa shape index (κ2) is 7.86. The molecule has 1 heterocycles.